The van der Waals surface area contributed by atoms with Crippen LogP contribution in [-0.2, 0) is 16.1 Å². The van der Waals surface area contributed by atoms with E-state index < -0.39 is 6.04 Å². The van der Waals surface area contributed by atoms with Crippen LogP contribution >= 0.6 is 0 Å². The van der Waals surface area contributed by atoms with Crippen molar-refractivity contribution in [1.29, 1.82) is 0 Å². The molecule has 6 heteroatoms. The van der Waals surface area contributed by atoms with Crippen LogP contribution in [0.15, 0.2) is 54.6 Å². The van der Waals surface area contributed by atoms with E-state index in [0.717, 1.165) is 5.56 Å². The smallest absolute Gasteiger partial charge is 0.252 e. The number of imide groups is 1. The van der Waals surface area contributed by atoms with Crippen LogP contribution in [0.3, 0.4) is 0 Å². The number of carbonyl (C=O) groups excluding carboxylic acids is 2. The van der Waals surface area contributed by atoms with E-state index in [-0.39, 0.29) is 18.2 Å². The lowest BCUT2D eigenvalue weighted by molar-refractivity contribution is -0.121. The molecule has 1 heterocycles. The number of amides is 2. The highest BCUT2D eigenvalue weighted by molar-refractivity contribution is 6.22. The fourth-order valence-electron chi connectivity index (χ4n) is 2.75. The molecule has 0 radical (unpaired) electrons. The summed E-state index contributed by atoms with van der Waals surface area (Å²) in [7, 11) is 0. The van der Waals surface area contributed by atoms with Crippen molar-refractivity contribution >= 4 is 17.5 Å². The van der Waals surface area contributed by atoms with Crippen molar-refractivity contribution in [2.45, 2.75) is 25.9 Å². The first-order chi connectivity index (χ1) is 12.2. The Morgan fingerprint density at radius 2 is 1.80 bits per heavy atom. The summed E-state index contributed by atoms with van der Waals surface area (Å²) in [6, 6.07) is 16.2. The van der Waals surface area contributed by atoms with E-state index >= 15 is 0 Å². The molecule has 1 aliphatic heterocycles. The number of hydrazine groups is 1. The van der Waals surface area contributed by atoms with Crippen molar-refractivity contribution in [1.82, 2.24) is 10.9 Å². The maximum Gasteiger partial charge on any atom is 0.252 e. The second kappa shape index (κ2) is 7.92. The monoisotopic (exact) mass is 339 g/mol. The molecule has 2 N–H and O–H groups in total. The molecule has 0 bridgehead atoms. The zero-order valence-electron chi connectivity index (χ0n) is 14.1. The van der Waals surface area contributed by atoms with E-state index in [1.807, 2.05) is 37.3 Å². The lowest BCUT2D eigenvalue weighted by Crippen LogP contribution is -2.45. The van der Waals surface area contributed by atoms with Crippen molar-refractivity contribution in [3.05, 3.63) is 60.2 Å². The van der Waals surface area contributed by atoms with E-state index in [1.54, 1.807) is 24.3 Å². The van der Waals surface area contributed by atoms with E-state index in [1.165, 1.54) is 4.90 Å². The zero-order chi connectivity index (χ0) is 17.6. The highest BCUT2D eigenvalue weighted by atomic mass is 16.5. The molecule has 0 spiro atoms. The minimum absolute atomic E-state index is 0.133. The van der Waals surface area contributed by atoms with Gasteiger partial charge < -0.3 is 4.74 Å². The van der Waals surface area contributed by atoms with Crippen LogP contribution in [-0.4, -0.2) is 24.5 Å². The molecule has 2 aromatic carbocycles. The minimum atomic E-state index is -0.567. The molecule has 130 valence electrons. The van der Waals surface area contributed by atoms with Crippen LogP contribution in [0.5, 0.6) is 5.75 Å². The van der Waals surface area contributed by atoms with Gasteiger partial charge in [-0.05, 0) is 36.8 Å². The topological polar surface area (TPSA) is 70.7 Å². The van der Waals surface area contributed by atoms with Crippen molar-refractivity contribution in [2.75, 3.05) is 11.5 Å². The molecule has 1 atom stereocenters. The summed E-state index contributed by atoms with van der Waals surface area (Å²) < 4.78 is 5.38. The van der Waals surface area contributed by atoms with E-state index in [2.05, 4.69) is 10.9 Å². The quantitative estimate of drug-likeness (QED) is 0.596. The molecule has 0 aromatic heterocycles. The van der Waals surface area contributed by atoms with Gasteiger partial charge in [-0.1, -0.05) is 30.3 Å². The number of hydrogen-bond acceptors (Lipinski definition) is 5. The fourth-order valence-corrected chi connectivity index (χ4v) is 2.75. The van der Waals surface area contributed by atoms with Gasteiger partial charge in [-0.3, -0.25) is 15.0 Å². The molecule has 2 aromatic rings. The Hall–Kier alpha value is -2.70. The Morgan fingerprint density at radius 3 is 2.48 bits per heavy atom. The summed E-state index contributed by atoms with van der Waals surface area (Å²) in [4.78, 5) is 26.0. The molecule has 1 aliphatic rings. The number of anilines is 1. The average Bonchev–Trinajstić information content (AvgIpc) is 2.91. The van der Waals surface area contributed by atoms with Gasteiger partial charge in [-0.25, -0.2) is 10.3 Å². The first-order valence-corrected chi connectivity index (χ1v) is 8.31. The van der Waals surface area contributed by atoms with Gasteiger partial charge in [0, 0.05) is 6.54 Å². The van der Waals surface area contributed by atoms with Crippen molar-refractivity contribution in [3.8, 4) is 5.75 Å². The van der Waals surface area contributed by atoms with Crippen molar-refractivity contribution in [3.63, 3.8) is 0 Å². The molecule has 2 amide bonds. The van der Waals surface area contributed by atoms with Crippen molar-refractivity contribution < 1.29 is 14.3 Å². The molecular formula is C19H21N3O3. The molecule has 0 aliphatic carbocycles. The van der Waals surface area contributed by atoms with Crippen LogP contribution < -0.4 is 20.5 Å². The summed E-state index contributed by atoms with van der Waals surface area (Å²) in [5.41, 5.74) is 7.63. The molecular weight excluding hydrogens is 318 g/mol. The molecule has 3 rings (SSSR count). The van der Waals surface area contributed by atoms with Gasteiger partial charge in [0.2, 0.25) is 5.91 Å². The second-order valence-electron chi connectivity index (χ2n) is 5.73. The number of benzene rings is 2. The largest absolute Gasteiger partial charge is 0.494 e. The van der Waals surface area contributed by atoms with Gasteiger partial charge in [0.15, 0.2) is 0 Å². The van der Waals surface area contributed by atoms with Gasteiger partial charge in [0.05, 0.1) is 18.7 Å². The molecule has 25 heavy (non-hydrogen) atoms. The highest BCUT2D eigenvalue weighted by Crippen LogP contribution is 2.25. The van der Waals surface area contributed by atoms with E-state index in [0.29, 0.717) is 24.6 Å². The lowest BCUT2D eigenvalue weighted by Gasteiger charge is -2.16. The standard InChI is InChI=1S/C19H21N3O3/c1-2-25-16-10-8-15(9-11-16)22-18(23)12-17(19(22)24)21-20-13-14-6-4-3-5-7-14/h3-11,17,20-21H,2,12-13H2,1H3/t17-/m0/s1. The summed E-state index contributed by atoms with van der Waals surface area (Å²) in [5, 5.41) is 0. The molecule has 0 saturated carbocycles. The number of nitrogens with zero attached hydrogens (tertiary/aromatic N) is 1. The second-order valence-corrected chi connectivity index (χ2v) is 5.73. The van der Waals surface area contributed by atoms with Crippen LogP contribution in [0.2, 0.25) is 0 Å². The zero-order valence-corrected chi connectivity index (χ0v) is 14.1. The van der Waals surface area contributed by atoms with Crippen molar-refractivity contribution in [2.24, 2.45) is 0 Å². The highest BCUT2D eigenvalue weighted by Gasteiger charge is 2.39. The first-order valence-electron chi connectivity index (χ1n) is 8.31. The SMILES string of the molecule is CCOc1ccc(N2C(=O)C[C@H](NNCc3ccccc3)C2=O)cc1. The molecule has 1 fully saturated rings. The maximum atomic E-state index is 12.5. The number of carbonyl (C=O) groups is 2. The maximum absolute atomic E-state index is 12.5. The predicted molar refractivity (Wildman–Crippen MR) is 94.9 cm³/mol. The van der Waals surface area contributed by atoms with Gasteiger partial charge in [0.1, 0.15) is 11.8 Å². The van der Waals surface area contributed by atoms with Crippen LogP contribution in [0.1, 0.15) is 18.9 Å². The lowest BCUT2D eigenvalue weighted by atomic mass is 10.2. The third-order valence-electron chi connectivity index (χ3n) is 3.96. The van der Waals surface area contributed by atoms with Crippen LogP contribution in [0.4, 0.5) is 5.69 Å². The number of hydrogen-bond donors (Lipinski definition) is 2. The third kappa shape index (κ3) is 4.04. The summed E-state index contributed by atoms with van der Waals surface area (Å²) >= 11 is 0. The number of nitrogens with one attached hydrogen (secondary N) is 2. The van der Waals surface area contributed by atoms with Crippen LogP contribution in [0, 0.1) is 0 Å². The van der Waals surface area contributed by atoms with E-state index in [9.17, 15) is 9.59 Å². The Labute approximate surface area is 146 Å². The molecule has 0 unspecified atom stereocenters. The average molecular weight is 339 g/mol. The number of ether oxygens (including phenoxy) is 1. The van der Waals surface area contributed by atoms with Gasteiger partial charge in [-0.2, -0.15) is 0 Å². The third-order valence-corrected chi connectivity index (χ3v) is 3.96. The minimum Gasteiger partial charge on any atom is -0.494 e. The first kappa shape index (κ1) is 17.1. The summed E-state index contributed by atoms with van der Waals surface area (Å²) in [5.74, 6) is 0.243. The van der Waals surface area contributed by atoms with E-state index in [4.69, 9.17) is 4.74 Å². The Balaban J connectivity index is 1.59. The summed E-state index contributed by atoms with van der Waals surface area (Å²) in [6.07, 6.45) is 0.133. The fraction of sp³-hybridized carbons (Fsp3) is 0.263. The Kier molecular flexibility index (Phi) is 5.42. The van der Waals surface area contributed by atoms with Gasteiger partial charge in [0.25, 0.3) is 5.91 Å². The molecule has 6 nitrogen and oxygen atoms in total. The number of rotatable bonds is 7. The normalized spacial score (nSPS) is 17.2. The molecule has 1 saturated heterocycles. The Bertz CT molecular complexity index is 731. The van der Waals surface area contributed by atoms with Gasteiger partial charge >= 0.3 is 0 Å². The van der Waals surface area contributed by atoms with Gasteiger partial charge in [-0.15, -0.1) is 0 Å². The predicted octanol–water partition coefficient (Wildman–Crippen LogP) is 2.01. The van der Waals surface area contributed by atoms with Crippen LogP contribution in [0.25, 0.3) is 0 Å². The Morgan fingerprint density at radius 1 is 1.08 bits per heavy atom. The summed E-state index contributed by atoms with van der Waals surface area (Å²) in [6.45, 7) is 3.04.